The van der Waals surface area contributed by atoms with Crippen molar-refractivity contribution in [3.8, 4) is 0 Å². The van der Waals surface area contributed by atoms with Crippen LogP contribution in [0.5, 0.6) is 0 Å². The summed E-state index contributed by atoms with van der Waals surface area (Å²) in [4.78, 5) is 36.4. The molecular formula is C50H94N2O5. The maximum absolute atomic E-state index is 12.8. The molecule has 0 spiro atoms. The van der Waals surface area contributed by atoms with E-state index in [1.54, 1.807) is 0 Å². The minimum absolute atomic E-state index is 0.0982. The quantitative estimate of drug-likeness (QED) is 0.0320. The van der Waals surface area contributed by atoms with Gasteiger partial charge in [-0.25, -0.2) is 4.79 Å². The molecule has 57 heavy (non-hydrogen) atoms. The fourth-order valence-corrected chi connectivity index (χ4v) is 7.52. The SMILES string of the molecule is CCCCCC/C=C\C/C=C\C(CCCCCCC(=O)NC(CCCN)C(=O)O)OC(=O)CCCCCCCCCCCCCCCCCCCCCCCCC. The third-order valence-electron chi connectivity index (χ3n) is 11.3. The number of nitrogens with one attached hydrogen (secondary N) is 1. The Morgan fingerprint density at radius 1 is 0.526 bits per heavy atom. The largest absolute Gasteiger partial charge is 0.480 e. The van der Waals surface area contributed by atoms with Crippen LogP contribution in [0.15, 0.2) is 24.3 Å². The molecule has 0 fully saturated rings. The third-order valence-corrected chi connectivity index (χ3v) is 11.3. The monoisotopic (exact) mass is 803 g/mol. The summed E-state index contributed by atoms with van der Waals surface area (Å²) in [6, 6.07) is -0.873. The van der Waals surface area contributed by atoms with Gasteiger partial charge >= 0.3 is 11.9 Å². The summed E-state index contributed by atoms with van der Waals surface area (Å²) in [6.45, 7) is 4.93. The summed E-state index contributed by atoms with van der Waals surface area (Å²) in [5.41, 5.74) is 5.49. The van der Waals surface area contributed by atoms with Crippen molar-refractivity contribution in [1.82, 2.24) is 5.32 Å². The van der Waals surface area contributed by atoms with Crippen molar-refractivity contribution >= 4 is 17.8 Å². The molecule has 334 valence electrons. The molecule has 0 aromatic rings. The van der Waals surface area contributed by atoms with Crippen molar-refractivity contribution in [3.63, 3.8) is 0 Å². The maximum Gasteiger partial charge on any atom is 0.326 e. The van der Waals surface area contributed by atoms with E-state index in [0.717, 1.165) is 51.4 Å². The zero-order chi connectivity index (χ0) is 41.7. The first-order chi connectivity index (χ1) is 27.9. The summed E-state index contributed by atoms with van der Waals surface area (Å²) in [5, 5.41) is 11.9. The Morgan fingerprint density at radius 2 is 0.965 bits per heavy atom. The van der Waals surface area contributed by atoms with Crippen molar-refractivity contribution < 1.29 is 24.2 Å². The van der Waals surface area contributed by atoms with Gasteiger partial charge in [-0.2, -0.15) is 0 Å². The lowest BCUT2D eigenvalue weighted by Crippen LogP contribution is -2.40. The highest BCUT2D eigenvalue weighted by Crippen LogP contribution is 2.17. The van der Waals surface area contributed by atoms with Crippen LogP contribution in [0.1, 0.15) is 258 Å². The van der Waals surface area contributed by atoms with Gasteiger partial charge in [0.1, 0.15) is 12.1 Å². The molecular weight excluding hydrogens is 709 g/mol. The normalized spacial score (nSPS) is 12.8. The minimum Gasteiger partial charge on any atom is -0.480 e. The lowest BCUT2D eigenvalue weighted by atomic mass is 10.0. The van der Waals surface area contributed by atoms with E-state index >= 15 is 0 Å². The van der Waals surface area contributed by atoms with Gasteiger partial charge in [-0.3, -0.25) is 9.59 Å². The second-order valence-corrected chi connectivity index (χ2v) is 16.9. The fourth-order valence-electron chi connectivity index (χ4n) is 7.52. The van der Waals surface area contributed by atoms with Gasteiger partial charge in [-0.05, 0) is 70.4 Å². The lowest BCUT2D eigenvalue weighted by Gasteiger charge is -2.15. The number of rotatable bonds is 45. The van der Waals surface area contributed by atoms with Crippen molar-refractivity contribution in [2.24, 2.45) is 5.73 Å². The number of allylic oxidation sites excluding steroid dienone is 3. The van der Waals surface area contributed by atoms with E-state index in [1.807, 2.05) is 0 Å². The summed E-state index contributed by atoms with van der Waals surface area (Å²) in [5.74, 6) is -1.34. The Balaban J connectivity index is 4.10. The molecule has 0 saturated carbocycles. The molecule has 0 aromatic carbocycles. The number of carboxylic acid groups (broad SMARTS) is 1. The Kier molecular flexibility index (Phi) is 43.2. The number of esters is 1. The second kappa shape index (κ2) is 44.9. The van der Waals surface area contributed by atoms with E-state index < -0.39 is 12.0 Å². The maximum atomic E-state index is 12.8. The lowest BCUT2D eigenvalue weighted by molar-refractivity contribution is -0.147. The highest BCUT2D eigenvalue weighted by Gasteiger charge is 2.19. The van der Waals surface area contributed by atoms with Crippen molar-refractivity contribution in [2.45, 2.75) is 270 Å². The Hall–Kier alpha value is -2.15. The molecule has 7 heteroatoms. The predicted octanol–water partition coefficient (Wildman–Crippen LogP) is 14.4. The van der Waals surface area contributed by atoms with E-state index in [2.05, 4.69) is 43.5 Å². The molecule has 4 N–H and O–H groups in total. The van der Waals surface area contributed by atoms with Crippen molar-refractivity contribution in [3.05, 3.63) is 24.3 Å². The van der Waals surface area contributed by atoms with E-state index in [0.29, 0.717) is 38.6 Å². The first kappa shape index (κ1) is 54.9. The number of hydrogen-bond donors (Lipinski definition) is 3. The summed E-state index contributed by atoms with van der Waals surface area (Å²) in [6.07, 6.45) is 52.6. The van der Waals surface area contributed by atoms with E-state index in [4.69, 9.17) is 10.5 Å². The number of carboxylic acids is 1. The third kappa shape index (κ3) is 41.8. The number of ether oxygens (including phenoxy) is 1. The molecule has 0 bridgehead atoms. The van der Waals surface area contributed by atoms with Crippen molar-refractivity contribution in [2.75, 3.05) is 6.54 Å². The number of hydrogen-bond acceptors (Lipinski definition) is 5. The molecule has 0 aliphatic carbocycles. The van der Waals surface area contributed by atoms with Crippen LogP contribution in [0.25, 0.3) is 0 Å². The van der Waals surface area contributed by atoms with Gasteiger partial charge in [0, 0.05) is 12.8 Å². The molecule has 2 atom stereocenters. The topological polar surface area (TPSA) is 119 Å². The van der Waals surface area contributed by atoms with Crippen LogP contribution < -0.4 is 11.1 Å². The first-order valence-corrected chi connectivity index (χ1v) is 24.7. The second-order valence-electron chi connectivity index (χ2n) is 16.9. The van der Waals surface area contributed by atoms with Gasteiger partial charge < -0.3 is 20.9 Å². The van der Waals surface area contributed by atoms with Gasteiger partial charge in [0.2, 0.25) is 5.91 Å². The molecule has 0 aliphatic rings. The minimum atomic E-state index is -1.01. The van der Waals surface area contributed by atoms with Crippen molar-refractivity contribution in [1.29, 1.82) is 0 Å². The molecule has 0 saturated heterocycles. The summed E-state index contributed by atoms with van der Waals surface area (Å²) >= 11 is 0. The van der Waals surface area contributed by atoms with Crippen LogP contribution in [0.3, 0.4) is 0 Å². The van der Waals surface area contributed by atoms with Crippen LogP contribution in [0.4, 0.5) is 0 Å². The number of aliphatic carboxylic acids is 1. The Labute approximate surface area is 353 Å². The fraction of sp³-hybridized carbons (Fsp3) is 0.860. The highest BCUT2D eigenvalue weighted by molar-refractivity contribution is 5.83. The molecule has 1 amide bonds. The Bertz CT molecular complexity index is 951. The standard InChI is InChI=1S/C50H94N2O5/c1-3-5-7-9-11-13-14-15-16-17-18-19-20-21-22-23-24-25-26-28-30-32-38-44-49(54)57-46(40-35-31-29-27-12-10-8-6-4-2)41-36-33-34-37-43-48(53)52-47(50(55)56)42-39-45-51/h27,29,35,40,46-47H,3-26,28,30-34,36-39,41-45,51H2,1-2H3,(H,52,53)(H,55,56)/b29-27-,40-35-. The Morgan fingerprint density at radius 3 is 1.44 bits per heavy atom. The van der Waals surface area contributed by atoms with Crippen LogP contribution >= 0.6 is 0 Å². The highest BCUT2D eigenvalue weighted by atomic mass is 16.5. The number of nitrogens with two attached hydrogens (primary N) is 1. The van der Waals surface area contributed by atoms with Gasteiger partial charge in [-0.15, -0.1) is 0 Å². The molecule has 0 aliphatic heterocycles. The smallest absolute Gasteiger partial charge is 0.326 e. The number of carbonyl (C=O) groups is 3. The molecule has 0 heterocycles. The van der Waals surface area contributed by atoms with Crippen LogP contribution in [0, 0.1) is 0 Å². The van der Waals surface area contributed by atoms with Crippen LogP contribution in [-0.4, -0.2) is 41.6 Å². The average molecular weight is 803 g/mol. The zero-order valence-corrected chi connectivity index (χ0v) is 37.7. The van der Waals surface area contributed by atoms with E-state index in [9.17, 15) is 19.5 Å². The molecule has 7 nitrogen and oxygen atoms in total. The van der Waals surface area contributed by atoms with Gasteiger partial charge in [-0.1, -0.05) is 205 Å². The van der Waals surface area contributed by atoms with Crippen LogP contribution in [0.2, 0.25) is 0 Å². The molecule has 2 unspecified atom stereocenters. The van der Waals surface area contributed by atoms with Gasteiger partial charge in [0.05, 0.1) is 0 Å². The van der Waals surface area contributed by atoms with Crippen LogP contribution in [-0.2, 0) is 19.1 Å². The number of unbranched alkanes of at least 4 members (excludes halogenated alkanes) is 29. The summed E-state index contributed by atoms with van der Waals surface area (Å²) < 4.78 is 5.94. The molecule has 0 aromatic heterocycles. The van der Waals surface area contributed by atoms with Gasteiger partial charge in [0.25, 0.3) is 0 Å². The summed E-state index contributed by atoms with van der Waals surface area (Å²) in [7, 11) is 0. The molecule has 0 radical (unpaired) electrons. The van der Waals surface area contributed by atoms with Gasteiger partial charge in [0.15, 0.2) is 0 Å². The first-order valence-electron chi connectivity index (χ1n) is 24.7. The predicted molar refractivity (Wildman–Crippen MR) is 244 cm³/mol. The molecule has 0 rings (SSSR count). The van der Waals surface area contributed by atoms with E-state index in [-0.39, 0.29) is 18.0 Å². The van der Waals surface area contributed by atoms with E-state index in [1.165, 1.54) is 161 Å². The average Bonchev–Trinajstić information content (AvgIpc) is 3.20. The number of carbonyl (C=O) groups excluding carboxylic acids is 2. The number of amides is 1. The zero-order valence-electron chi connectivity index (χ0n) is 37.7.